The fraction of sp³-hybridized carbons (Fsp3) is 0.294. The lowest BCUT2D eigenvalue weighted by atomic mass is 9.97. The molecule has 0 aliphatic rings. The Morgan fingerprint density at radius 3 is 2.47 bits per heavy atom. The van der Waals surface area contributed by atoms with Crippen molar-refractivity contribution in [3.63, 3.8) is 0 Å². The molecule has 2 aromatic carbocycles. The van der Waals surface area contributed by atoms with E-state index in [4.69, 9.17) is 0 Å². The highest BCUT2D eigenvalue weighted by molar-refractivity contribution is 5.27. The number of hydrogen-bond donors (Lipinski definition) is 0. The Morgan fingerprint density at radius 1 is 0.882 bits per heavy atom. The van der Waals surface area contributed by atoms with Crippen molar-refractivity contribution in [3.05, 3.63) is 71.3 Å². The van der Waals surface area contributed by atoms with Crippen molar-refractivity contribution in [3.8, 4) is 0 Å². The lowest BCUT2D eigenvalue weighted by Crippen LogP contribution is -1.97. The van der Waals surface area contributed by atoms with Crippen LogP contribution in [0.1, 0.15) is 30.0 Å². The van der Waals surface area contributed by atoms with Crippen molar-refractivity contribution in [2.75, 3.05) is 0 Å². The maximum Gasteiger partial charge on any atom is -0.0146 e. The maximum absolute atomic E-state index is 3.39. The molecule has 0 amide bonds. The normalized spacial score (nSPS) is 10.4. The summed E-state index contributed by atoms with van der Waals surface area (Å²) in [6.07, 6.45) is 4.58. The molecule has 17 heavy (non-hydrogen) atoms. The van der Waals surface area contributed by atoms with Crippen LogP contribution in [0, 0.1) is 6.07 Å². The van der Waals surface area contributed by atoms with E-state index in [2.05, 4.69) is 55.5 Å². The number of hydrogen-bond acceptors (Lipinski definition) is 0. The molecule has 0 heteroatoms. The van der Waals surface area contributed by atoms with Gasteiger partial charge in [-0.25, -0.2) is 0 Å². The van der Waals surface area contributed by atoms with Crippen LogP contribution in [0.5, 0.6) is 0 Å². The highest BCUT2D eigenvalue weighted by atomic mass is 14.1. The van der Waals surface area contributed by atoms with Crippen molar-refractivity contribution in [1.29, 1.82) is 0 Å². The molecule has 0 atom stereocenters. The van der Waals surface area contributed by atoms with E-state index in [0.717, 1.165) is 12.8 Å². The van der Waals surface area contributed by atoms with Crippen molar-refractivity contribution in [2.45, 2.75) is 32.6 Å². The first kappa shape index (κ1) is 11.9. The quantitative estimate of drug-likeness (QED) is 0.711. The second kappa shape index (κ2) is 6.24. The highest BCUT2D eigenvalue weighted by Crippen LogP contribution is 2.13. The summed E-state index contributed by atoms with van der Waals surface area (Å²) in [6, 6.07) is 20.4. The molecule has 0 bridgehead atoms. The van der Waals surface area contributed by atoms with E-state index in [0.29, 0.717) is 0 Å². The van der Waals surface area contributed by atoms with Gasteiger partial charge in [-0.15, -0.1) is 0 Å². The van der Waals surface area contributed by atoms with Crippen LogP contribution in [0.25, 0.3) is 0 Å². The molecule has 0 heterocycles. The van der Waals surface area contributed by atoms with Gasteiger partial charge in [-0.3, -0.25) is 0 Å². The number of aryl methyl sites for hydroxylation is 3. The van der Waals surface area contributed by atoms with Gasteiger partial charge in [0.15, 0.2) is 0 Å². The third-order valence-electron chi connectivity index (χ3n) is 3.06. The Morgan fingerprint density at radius 2 is 1.71 bits per heavy atom. The summed E-state index contributed by atoms with van der Waals surface area (Å²) < 4.78 is 0. The molecule has 0 saturated carbocycles. The van der Waals surface area contributed by atoms with Gasteiger partial charge >= 0.3 is 0 Å². The summed E-state index contributed by atoms with van der Waals surface area (Å²) in [5.74, 6) is 0. The van der Waals surface area contributed by atoms with Crippen molar-refractivity contribution in [1.82, 2.24) is 0 Å². The van der Waals surface area contributed by atoms with E-state index in [9.17, 15) is 0 Å². The average molecular weight is 223 g/mol. The zero-order chi connectivity index (χ0) is 11.9. The molecule has 0 unspecified atom stereocenters. The smallest absolute Gasteiger partial charge is 0.0146 e. The molecule has 0 aromatic heterocycles. The van der Waals surface area contributed by atoms with Gasteiger partial charge in [0, 0.05) is 0 Å². The fourth-order valence-electron chi connectivity index (χ4n) is 2.16. The van der Waals surface area contributed by atoms with Gasteiger partial charge in [0.1, 0.15) is 0 Å². The highest BCUT2D eigenvalue weighted by Gasteiger charge is 2.01. The molecule has 0 aliphatic heterocycles. The van der Waals surface area contributed by atoms with Gasteiger partial charge in [-0.05, 0) is 42.0 Å². The van der Waals surface area contributed by atoms with Crippen LogP contribution in [0.15, 0.2) is 48.5 Å². The van der Waals surface area contributed by atoms with Crippen molar-refractivity contribution in [2.24, 2.45) is 0 Å². The first-order valence-electron chi connectivity index (χ1n) is 6.42. The minimum atomic E-state index is 1.10. The van der Waals surface area contributed by atoms with Gasteiger partial charge < -0.3 is 0 Å². The van der Waals surface area contributed by atoms with E-state index < -0.39 is 0 Å². The molecule has 0 spiro atoms. The first-order valence-corrected chi connectivity index (χ1v) is 6.42. The summed E-state index contributed by atoms with van der Waals surface area (Å²) in [7, 11) is 0. The van der Waals surface area contributed by atoms with Crippen LogP contribution in [0.3, 0.4) is 0 Å². The van der Waals surface area contributed by atoms with Crippen LogP contribution in [-0.2, 0) is 19.3 Å². The molecule has 2 aromatic rings. The summed E-state index contributed by atoms with van der Waals surface area (Å²) in [6.45, 7) is 2.23. The maximum atomic E-state index is 3.39. The van der Waals surface area contributed by atoms with Gasteiger partial charge in [0.05, 0.1) is 0 Å². The SMILES string of the molecule is CCCc1ccc[c]c1CCc1ccccc1. The van der Waals surface area contributed by atoms with Crippen LogP contribution in [-0.4, -0.2) is 0 Å². The number of benzene rings is 2. The molecular formula is C17H19. The molecule has 0 saturated heterocycles. The Hall–Kier alpha value is -1.56. The Kier molecular flexibility index (Phi) is 4.37. The molecule has 0 nitrogen and oxygen atoms in total. The lowest BCUT2D eigenvalue weighted by Gasteiger charge is -2.08. The minimum absolute atomic E-state index is 1.10. The zero-order valence-corrected chi connectivity index (χ0v) is 10.4. The third kappa shape index (κ3) is 3.45. The Labute approximate surface area is 104 Å². The van der Waals surface area contributed by atoms with E-state index in [-0.39, 0.29) is 0 Å². The molecule has 1 radical (unpaired) electrons. The van der Waals surface area contributed by atoms with Gasteiger partial charge in [-0.1, -0.05) is 61.9 Å². The minimum Gasteiger partial charge on any atom is -0.0651 e. The van der Waals surface area contributed by atoms with Crippen LogP contribution in [0.2, 0.25) is 0 Å². The Bertz CT molecular complexity index is 443. The molecule has 87 valence electrons. The van der Waals surface area contributed by atoms with Crippen LogP contribution in [0.4, 0.5) is 0 Å². The van der Waals surface area contributed by atoms with Crippen LogP contribution >= 0.6 is 0 Å². The molecule has 0 aliphatic carbocycles. The number of rotatable bonds is 5. The molecular weight excluding hydrogens is 204 g/mol. The van der Waals surface area contributed by atoms with E-state index in [1.165, 1.54) is 29.5 Å². The van der Waals surface area contributed by atoms with Gasteiger partial charge in [-0.2, -0.15) is 0 Å². The predicted octanol–water partition coefficient (Wildman–Crippen LogP) is 4.22. The summed E-state index contributed by atoms with van der Waals surface area (Å²) in [5, 5.41) is 0. The fourth-order valence-corrected chi connectivity index (χ4v) is 2.16. The van der Waals surface area contributed by atoms with Gasteiger partial charge in [0.2, 0.25) is 0 Å². The third-order valence-corrected chi connectivity index (χ3v) is 3.06. The molecule has 2 rings (SSSR count). The average Bonchev–Trinajstić information content (AvgIpc) is 2.39. The Balaban J connectivity index is 2.03. The zero-order valence-electron chi connectivity index (χ0n) is 10.4. The largest absolute Gasteiger partial charge is 0.0651 e. The second-order valence-corrected chi connectivity index (χ2v) is 4.41. The molecule has 0 N–H and O–H groups in total. The lowest BCUT2D eigenvalue weighted by molar-refractivity contribution is 0.874. The van der Waals surface area contributed by atoms with Gasteiger partial charge in [0.25, 0.3) is 0 Å². The topological polar surface area (TPSA) is 0 Å². The summed E-state index contributed by atoms with van der Waals surface area (Å²) in [5.41, 5.74) is 4.26. The standard InChI is InChI=1S/C17H19/c1-2-8-16-11-6-7-12-17(16)14-13-15-9-4-3-5-10-15/h3-7,9-11H,2,8,13-14H2,1H3. The monoisotopic (exact) mass is 223 g/mol. The summed E-state index contributed by atoms with van der Waals surface area (Å²) >= 11 is 0. The second-order valence-electron chi connectivity index (χ2n) is 4.41. The first-order chi connectivity index (χ1) is 8.40. The molecule has 0 fully saturated rings. The predicted molar refractivity (Wildman–Crippen MR) is 73.1 cm³/mol. The summed E-state index contributed by atoms with van der Waals surface area (Å²) in [4.78, 5) is 0. The van der Waals surface area contributed by atoms with Crippen LogP contribution < -0.4 is 0 Å². The van der Waals surface area contributed by atoms with Crippen molar-refractivity contribution >= 4 is 0 Å². The van der Waals surface area contributed by atoms with E-state index >= 15 is 0 Å². The van der Waals surface area contributed by atoms with E-state index in [1.54, 1.807) is 0 Å². The van der Waals surface area contributed by atoms with E-state index in [1.807, 2.05) is 6.07 Å². The van der Waals surface area contributed by atoms with Crippen molar-refractivity contribution < 1.29 is 0 Å².